The number of carbonyl (C=O) groups is 1. The van der Waals surface area contributed by atoms with Crippen molar-refractivity contribution in [2.45, 2.75) is 0 Å². The maximum absolute atomic E-state index is 11.5. The summed E-state index contributed by atoms with van der Waals surface area (Å²) in [6.45, 7) is 0. The topological polar surface area (TPSA) is 54.6 Å². The Kier molecular flexibility index (Phi) is 2.72. The number of halogens is 1. The largest absolute Gasteiger partial charge is 0.478 e. The van der Waals surface area contributed by atoms with Crippen LogP contribution in [0.2, 0.25) is 5.02 Å². The van der Waals surface area contributed by atoms with Gasteiger partial charge in [0.2, 0.25) is 0 Å². The van der Waals surface area contributed by atoms with Crippen molar-refractivity contribution in [1.29, 1.82) is 0 Å². The molecule has 19 heavy (non-hydrogen) atoms. The maximum atomic E-state index is 11.5. The zero-order valence-corrected chi connectivity index (χ0v) is 10.5. The molecule has 5 heteroatoms. The molecule has 2 aromatic heterocycles. The van der Waals surface area contributed by atoms with Crippen LogP contribution in [0.15, 0.2) is 48.9 Å². The fraction of sp³-hybridized carbons (Fsp3) is 0. The number of carboxylic acid groups (broad SMARTS) is 1. The Labute approximate surface area is 113 Å². The molecule has 0 aliphatic heterocycles. The lowest BCUT2D eigenvalue weighted by atomic mass is 10.0. The number of benzene rings is 1. The number of hydrogen-bond acceptors (Lipinski definition) is 2. The lowest BCUT2D eigenvalue weighted by Crippen LogP contribution is -2.03. The third-order valence-electron chi connectivity index (χ3n) is 2.93. The molecule has 0 aliphatic rings. The summed E-state index contributed by atoms with van der Waals surface area (Å²) < 4.78 is 1.68. The van der Waals surface area contributed by atoms with Crippen LogP contribution in [-0.2, 0) is 0 Å². The SMILES string of the molecule is O=C(O)c1c(-c2ccc(Cl)cc2)ccn2ccnc12. The van der Waals surface area contributed by atoms with Gasteiger partial charge in [-0.25, -0.2) is 9.78 Å². The Balaban J connectivity index is 2.31. The van der Waals surface area contributed by atoms with E-state index in [1.54, 1.807) is 53.3 Å². The molecule has 94 valence electrons. The third kappa shape index (κ3) is 1.96. The van der Waals surface area contributed by atoms with Crippen molar-refractivity contribution in [3.8, 4) is 11.1 Å². The summed E-state index contributed by atoms with van der Waals surface area (Å²) in [7, 11) is 0. The van der Waals surface area contributed by atoms with E-state index in [0.29, 0.717) is 16.2 Å². The Bertz CT molecular complexity index is 763. The molecule has 0 aliphatic carbocycles. The van der Waals surface area contributed by atoms with Gasteiger partial charge >= 0.3 is 5.97 Å². The summed E-state index contributed by atoms with van der Waals surface area (Å²) in [6, 6.07) is 8.82. The normalized spacial score (nSPS) is 10.8. The van der Waals surface area contributed by atoms with E-state index < -0.39 is 5.97 Å². The van der Waals surface area contributed by atoms with Crippen molar-refractivity contribution >= 4 is 23.2 Å². The van der Waals surface area contributed by atoms with Gasteiger partial charge in [0.15, 0.2) is 5.65 Å². The van der Waals surface area contributed by atoms with Crippen LogP contribution in [0.3, 0.4) is 0 Å². The molecule has 4 nitrogen and oxygen atoms in total. The molecule has 3 rings (SSSR count). The van der Waals surface area contributed by atoms with Crippen molar-refractivity contribution in [2.75, 3.05) is 0 Å². The first-order chi connectivity index (χ1) is 9.16. The zero-order valence-electron chi connectivity index (χ0n) is 9.75. The molecule has 2 heterocycles. The van der Waals surface area contributed by atoms with Gasteiger partial charge in [0.05, 0.1) is 0 Å². The standard InChI is InChI=1S/C14H9ClN2O2/c15-10-3-1-9(2-4-10)11-5-7-17-8-6-16-13(17)12(11)14(18)19/h1-8H,(H,18,19). The van der Waals surface area contributed by atoms with Crippen LogP contribution in [0, 0.1) is 0 Å². The number of aromatic carboxylic acids is 1. The second-order valence-electron chi connectivity index (χ2n) is 4.07. The molecule has 0 atom stereocenters. The molecule has 0 fully saturated rings. The van der Waals surface area contributed by atoms with Gasteiger partial charge in [-0.15, -0.1) is 0 Å². The molecule has 0 amide bonds. The van der Waals surface area contributed by atoms with E-state index in [1.807, 2.05) is 0 Å². The Morgan fingerprint density at radius 1 is 1.16 bits per heavy atom. The maximum Gasteiger partial charge on any atom is 0.340 e. The first-order valence-electron chi connectivity index (χ1n) is 5.62. The van der Waals surface area contributed by atoms with E-state index in [1.165, 1.54) is 0 Å². The van der Waals surface area contributed by atoms with Crippen LogP contribution < -0.4 is 0 Å². The van der Waals surface area contributed by atoms with Crippen LogP contribution in [0.4, 0.5) is 0 Å². The molecule has 1 aromatic carbocycles. The third-order valence-corrected chi connectivity index (χ3v) is 3.18. The van der Waals surface area contributed by atoms with Gasteiger partial charge in [0.1, 0.15) is 5.56 Å². The fourth-order valence-corrected chi connectivity index (χ4v) is 2.19. The smallest absolute Gasteiger partial charge is 0.340 e. The molecule has 0 unspecified atom stereocenters. The second-order valence-corrected chi connectivity index (χ2v) is 4.51. The number of pyridine rings is 1. The van der Waals surface area contributed by atoms with Crippen molar-refractivity contribution < 1.29 is 9.90 Å². The summed E-state index contributed by atoms with van der Waals surface area (Å²) in [5.41, 5.74) is 2.05. The number of fused-ring (bicyclic) bond motifs is 1. The molecule has 0 saturated carbocycles. The summed E-state index contributed by atoms with van der Waals surface area (Å²) in [5.74, 6) is -0.998. The summed E-state index contributed by atoms with van der Waals surface area (Å²) in [4.78, 5) is 15.6. The van der Waals surface area contributed by atoms with Crippen LogP contribution in [0.1, 0.15) is 10.4 Å². The molecule has 0 bridgehead atoms. The monoisotopic (exact) mass is 272 g/mol. The highest BCUT2D eigenvalue weighted by Crippen LogP contribution is 2.27. The van der Waals surface area contributed by atoms with Crippen molar-refractivity contribution in [2.24, 2.45) is 0 Å². The summed E-state index contributed by atoms with van der Waals surface area (Å²) >= 11 is 5.85. The number of aromatic nitrogens is 2. The van der Waals surface area contributed by atoms with E-state index >= 15 is 0 Å². The Hall–Kier alpha value is -2.33. The van der Waals surface area contributed by atoms with E-state index in [9.17, 15) is 9.90 Å². The summed E-state index contributed by atoms with van der Waals surface area (Å²) in [6.07, 6.45) is 5.08. The van der Waals surface area contributed by atoms with Gasteiger partial charge in [-0.2, -0.15) is 0 Å². The lowest BCUT2D eigenvalue weighted by Gasteiger charge is -2.08. The average Bonchev–Trinajstić information content (AvgIpc) is 2.86. The van der Waals surface area contributed by atoms with Gasteiger partial charge in [-0.3, -0.25) is 0 Å². The first kappa shape index (κ1) is 11.7. The highest BCUT2D eigenvalue weighted by molar-refractivity contribution is 6.30. The number of nitrogens with zero attached hydrogens (tertiary/aromatic N) is 2. The molecule has 0 radical (unpaired) electrons. The predicted molar refractivity (Wildman–Crippen MR) is 72.6 cm³/mol. The van der Waals surface area contributed by atoms with Crippen LogP contribution in [-0.4, -0.2) is 20.5 Å². The van der Waals surface area contributed by atoms with Gasteiger partial charge < -0.3 is 9.51 Å². The van der Waals surface area contributed by atoms with Crippen LogP contribution in [0.5, 0.6) is 0 Å². The Morgan fingerprint density at radius 3 is 2.58 bits per heavy atom. The number of carboxylic acids is 1. The van der Waals surface area contributed by atoms with E-state index in [-0.39, 0.29) is 5.56 Å². The average molecular weight is 273 g/mol. The number of imidazole rings is 1. The highest BCUT2D eigenvalue weighted by atomic mass is 35.5. The molecule has 3 aromatic rings. The van der Waals surface area contributed by atoms with Crippen molar-refractivity contribution in [1.82, 2.24) is 9.38 Å². The highest BCUT2D eigenvalue weighted by Gasteiger charge is 2.17. The zero-order chi connectivity index (χ0) is 13.4. The number of rotatable bonds is 2. The minimum atomic E-state index is -0.998. The first-order valence-corrected chi connectivity index (χ1v) is 5.99. The van der Waals surface area contributed by atoms with Gasteiger partial charge in [0.25, 0.3) is 0 Å². The Morgan fingerprint density at radius 2 is 1.89 bits per heavy atom. The minimum Gasteiger partial charge on any atom is -0.478 e. The predicted octanol–water partition coefficient (Wildman–Crippen LogP) is 3.35. The summed E-state index contributed by atoms with van der Waals surface area (Å²) in [5, 5.41) is 10.0. The fourth-order valence-electron chi connectivity index (χ4n) is 2.07. The van der Waals surface area contributed by atoms with Gasteiger partial charge in [-0.05, 0) is 23.8 Å². The van der Waals surface area contributed by atoms with Gasteiger partial charge in [-0.1, -0.05) is 23.7 Å². The van der Waals surface area contributed by atoms with Crippen molar-refractivity contribution in [3.63, 3.8) is 0 Å². The van der Waals surface area contributed by atoms with Crippen molar-refractivity contribution in [3.05, 3.63) is 59.5 Å². The molecule has 0 spiro atoms. The van der Waals surface area contributed by atoms with E-state index in [2.05, 4.69) is 4.98 Å². The van der Waals surface area contributed by atoms with E-state index in [4.69, 9.17) is 11.6 Å². The van der Waals surface area contributed by atoms with Crippen LogP contribution in [0.25, 0.3) is 16.8 Å². The van der Waals surface area contributed by atoms with Crippen LogP contribution >= 0.6 is 11.6 Å². The second kappa shape index (κ2) is 4.40. The molecular formula is C14H9ClN2O2. The number of hydrogen-bond donors (Lipinski definition) is 1. The molecule has 1 N–H and O–H groups in total. The molecular weight excluding hydrogens is 264 g/mol. The quantitative estimate of drug-likeness (QED) is 0.778. The van der Waals surface area contributed by atoms with E-state index in [0.717, 1.165) is 5.56 Å². The molecule has 0 saturated heterocycles. The van der Waals surface area contributed by atoms with Gasteiger partial charge in [0, 0.05) is 29.2 Å². The lowest BCUT2D eigenvalue weighted by molar-refractivity contribution is 0.0699. The minimum absolute atomic E-state index is 0.190.